The predicted octanol–water partition coefficient (Wildman–Crippen LogP) is 2.28. The fourth-order valence-electron chi connectivity index (χ4n) is 3.40. The maximum absolute atomic E-state index is 12.8. The summed E-state index contributed by atoms with van der Waals surface area (Å²) in [6, 6.07) is 14.3. The SMILES string of the molecule is COc1cc(N2CCN(C(=O)C[C@@H](OC(N)=O)c3ccccc3)CC2)ccc1O. The van der Waals surface area contributed by atoms with Gasteiger partial charge in [-0.3, -0.25) is 4.79 Å². The van der Waals surface area contributed by atoms with E-state index in [0.717, 1.165) is 11.3 Å². The number of anilines is 1. The first-order chi connectivity index (χ1) is 14.0. The minimum absolute atomic E-state index is 0.0417. The van der Waals surface area contributed by atoms with Crippen LogP contribution in [0.2, 0.25) is 0 Å². The average Bonchev–Trinajstić information content (AvgIpc) is 2.74. The zero-order chi connectivity index (χ0) is 20.8. The molecule has 2 aromatic carbocycles. The van der Waals surface area contributed by atoms with Gasteiger partial charge in [0.05, 0.1) is 13.5 Å². The van der Waals surface area contributed by atoms with E-state index in [1.165, 1.54) is 7.11 Å². The first kappa shape index (κ1) is 20.3. The molecule has 1 aliphatic rings. The van der Waals surface area contributed by atoms with Crippen molar-refractivity contribution >= 4 is 17.7 Å². The molecule has 2 amide bonds. The van der Waals surface area contributed by atoms with E-state index in [9.17, 15) is 14.7 Å². The van der Waals surface area contributed by atoms with E-state index in [0.29, 0.717) is 31.9 Å². The van der Waals surface area contributed by atoms with Crippen LogP contribution < -0.4 is 15.4 Å². The summed E-state index contributed by atoms with van der Waals surface area (Å²) < 4.78 is 10.3. The second-order valence-corrected chi connectivity index (χ2v) is 6.76. The normalized spacial score (nSPS) is 14.9. The Morgan fingerprint density at radius 1 is 1.10 bits per heavy atom. The quantitative estimate of drug-likeness (QED) is 0.772. The van der Waals surface area contributed by atoms with Gasteiger partial charge in [-0.2, -0.15) is 0 Å². The van der Waals surface area contributed by atoms with Crippen LogP contribution in [-0.2, 0) is 9.53 Å². The van der Waals surface area contributed by atoms with Gasteiger partial charge in [-0.15, -0.1) is 0 Å². The Morgan fingerprint density at radius 2 is 1.79 bits per heavy atom. The van der Waals surface area contributed by atoms with Gasteiger partial charge in [0, 0.05) is 37.9 Å². The van der Waals surface area contributed by atoms with Crippen LogP contribution in [0.1, 0.15) is 18.1 Å². The molecule has 0 spiro atoms. The number of phenolic OH excluding ortho intramolecular Hbond substituents is 1. The number of hydrogen-bond acceptors (Lipinski definition) is 6. The molecule has 0 bridgehead atoms. The van der Waals surface area contributed by atoms with E-state index >= 15 is 0 Å². The topological polar surface area (TPSA) is 105 Å². The number of nitrogens with two attached hydrogens (primary N) is 1. The molecular weight excluding hydrogens is 374 g/mol. The van der Waals surface area contributed by atoms with Crippen molar-refractivity contribution in [1.82, 2.24) is 4.90 Å². The van der Waals surface area contributed by atoms with E-state index < -0.39 is 12.2 Å². The summed E-state index contributed by atoms with van der Waals surface area (Å²) in [7, 11) is 1.51. The van der Waals surface area contributed by atoms with Gasteiger partial charge in [0.2, 0.25) is 5.91 Å². The number of methoxy groups -OCH3 is 1. The molecule has 8 nitrogen and oxygen atoms in total. The van der Waals surface area contributed by atoms with Crippen LogP contribution in [0.3, 0.4) is 0 Å². The highest BCUT2D eigenvalue weighted by Gasteiger charge is 2.26. The number of ether oxygens (including phenoxy) is 2. The maximum Gasteiger partial charge on any atom is 0.405 e. The van der Waals surface area contributed by atoms with Crippen molar-refractivity contribution in [2.75, 3.05) is 38.2 Å². The predicted molar refractivity (Wildman–Crippen MR) is 108 cm³/mol. The van der Waals surface area contributed by atoms with Gasteiger partial charge in [0.25, 0.3) is 0 Å². The second kappa shape index (κ2) is 9.18. The average molecular weight is 399 g/mol. The number of benzene rings is 2. The molecule has 8 heteroatoms. The van der Waals surface area contributed by atoms with Crippen LogP contribution in [0.4, 0.5) is 10.5 Å². The molecule has 1 aliphatic heterocycles. The summed E-state index contributed by atoms with van der Waals surface area (Å²) in [4.78, 5) is 27.9. The van der Waals surface area contributed by atoms with Crippen LogP contribution in [-0.4, -0.2) is 55.3 Å². The van der Waals surface area contributed by atoms with Crippen LogP contribution in [0.25, 0.3) is 0 Å². The van der Waals surface area contributed by atoms with Gasteiger partial charge < -0.3 is 30.1 Å². The molecule has 0 radical (unpaired) electrons. The lowest BCUT2D eigenvalue weighted by Crippen LogP contribution is -2.49. The van der Waals surface area contributed by atoms with Crippen molar-refractivity contribution in [3.8, 4) is 11.5 Å². The van der Waals surface area contributed by atoms with Crippen LogP contribution >= 0.6 is 0 Å². The Balaban J connectivity index is 1.61. The molecule has 1 atom stereocenters. The monoisotopic (exact) mass is 399 g/mol. The van der Waals surface area contributed by atoms with E-state index in [1.54, 1.807) is 29.2 Å². The molecule has 0 saturated carbocycles. The van der Waals surface area contributed by atoms with Crippen molar-refractivity contribution in [2.45, 2.75) is 12.5 Å². The highest BCUT2D eigenvalue weighted by Crippen LogP contribution is 2.31. The van der Waals surface area contributed by atoms with Gasteiger partial charge in [0.15, 0.2) is 11.5 Å². The molecule has 154 valence electrons. The van der Waals surface area contributed by atoms with Gasteiger partial charge in [-0.1, -0.05) is 30.3 Å². The molecule has 1 fully saturated rings. The van der Waals surface area contributed by atoms with Crippen molar-refractivity contribution in [1.29, 1.82) is 0 Å². The third-order valence-electron chi connectivity index (χ3n) is 4.95. The van der Waals surface area contributed by atoms with E-state index in [-0.39, 0.29) is 18.1 Å². The zero-order valence-electron chi connectivity index (χ0n) is 16.3. The fraction of sp³-hybridized carbons (Fsp3) is 0.333. The number of carbonyl (C=O) groups is 2. The smallest absolute Gasteiger partial charge is 0.405 e. The van der Waals surface area contributed by atoms with Crippen molar-refractivity contribution in [3.63, 3.8) is 0 Å². The third-order valence-corrected chi connectivity index (χ3v) is 4.95. The van der Waals surface area contributed by atoms with Crippen LogP contribution in [0.15, 0.2) is 48.5 Å². The summed E-state index contributed by atoms with van der Waals surface area (Å²) in [6.45, 7) is 2.37. The number of amides is 2. The fourth-order valence-corrected chi connectivity index (χ4v) is 3.40. The van der Waals surface area contributed by atoms with Crippen molar-refractivity contribution in [2.24, 2.45) is 5.73 Å². The second-order valence-electron chi connectivity index (χ2n) is 6.76. The molecule has 0 unspecified atom stereocenters. The number of phenols is 1. The van der Waals surface area contributed by atoms with E-state index in [2.05, 4.69) is 4.90 Å². The Kier molecular flexibility index (Phi) is 6.43. The van der Waals surface area contributed by atoms with Gasteiger partial charge >= 0.3 is 6.09 Å². The zero-order valence-corrected chi connectivity index (χ0v) is 16.3. The van der Waals surface area contributed by atoms with Gasteiger partial charge in [-0.05, 0) is 17.7 Å². The third kappa shape index (κ3) is 5.10. The highest BCUT2D eigenvalue weighted by molar-refractivity contribution is 5.78. The molecule has 3 N–H and O–H groups in total. The van der Waals surface area contributed by atoms with E-state index in [1.807, 2.05) is 24.3 Å². The molecule has 2 aromatic rings. The lowest BCUT2D eigenvalue weighted by atomic mass is 10.1. The largest absolute Gasteiger partial charge is 0.504 e. The minimum atomic E-state index is -0.905. The van der Waals surface area contributed by atoms with Gasteiger partial charge in [-0.25, -0.2) is 4.79 Å². The molecule has 3 rings (SSSR count). The van der Waals surface area contributed by atoms with Crippen LogP contribution in [0.5, 0.6) is 11.5 Å². The molecule has 0 aliphatic carbocycles. The number of piperazine rings is 1. The van der Waals surface area contributed by atoms with Crippen molar-refractivity contribution < 1.29 is 24.2 Å². The standard InChI is InChI=1S/C21H25N3O5/c1-28-19-13-16(7-8-17(19)25)23-9-11-24(12-10-23)20(26)14-18(29-21(22)27)15-5-3-2-4-6-15/h2-8,13,18,25H,9-12,14H2,1H3,(H2,22,27)/t18-/m1/s1. The Morgan fingerprint density at radius 3 is 2.41 bits per heavy atom. The summed E-state index contributed by atoms with van der Waals surface area (Å²) >= 11 is 0. The maximum atomic E-state index is 12.8. The van der Waals surface area contributed by atoms with E-state index in [4.69, 9.17) is 15.2 Å². The van der Waals surface area contributed by atoms with Crippen LogP contribution in [0, 0.1) is 0 Å². The number of aromatic hydroxyl groups is 1. The molecule has 1 heterocycles. The number of carbonyl (C=O) groups excluding carboxylic acids is 2. The minimum Gasteiger partial charge on any atom is -0.504 e. The molecule has 29 heavy (non-hydrogen) atoms. The Labute approximate surface area is 169 Å². The summed E-state index contributed by atoms with van der Waals surface area (Å²) in [5.41, 5.74) is 6.83. The first-order valence-electron chi connectivity index (χ1n) is 9.38. The molecule has 0 aromatic heterocycles. The van der Waals surface area contributed by atoms with Gasteiger partial charge in [0.1, 0.15) is 6.10 Å². The molecular formula is C21H25N3O5. The lowest BCUT2D eigenvalue weighted by Gasteiger charge is -2.36. The van der Waals surface area contributed by atoms with Crippen molar-refractivity contribution in [3.05, 3.63) is 54.1 Å². The Hall–Kier alpha value is -3.42. The lowest BCUT2D eigenvalue weighted by molar-refractivity contribution is -0.133. The summed E-state index contributed by atoms with van der Waals surface area (Å²) in [5, 5.41) is 9.75. The summed E-state index contributed by atoms with van der Waals surface area (Å²) in [6.07, 6.45) is -1.57. The molecule has 1 saturated heterocycles. The number of hydrogen-bond donors (Lipinski definition) is 2. The number of nitrogens with zero attached hydrogens (tertiary/aromatic N) is 2. The summed E-state index contributed by atoms with van der Waals surface area (Å²) in [5.74, 6) is 0.407. The number of primary amides is 1. The Bertz CT molecular complexity index is 851. The number of rotatable bonds is 6. The highest BCUT2D eigenvalue weighted by atomic mass is 16.6. The first-order valence-corrected chi connectivity index (χ1v) is 9.38.